The maximum Gasteiger partial charge on any atom is 0.261 e. The quantitative estimate of drug-likeness (QED) is 0.705. The highest BCUT2D eigenvalue weighted by molar-refractivity contribution is 7.92. The number of hydrogen-bond donors (Lipinski definition) is 3. The van der Waals surface area contributed by atoms with Crippen LogP contribution in [0.3, 0.4) is 0 Å². The molecule has 1 heterocycles. The first-order chi connectivity index (χ1) is 12.9. The predicted octanol–water partition coefficient (Wildman–Crippen LogP) is 2.36. The van der Waals surface area contributed by atoms with Crippen molar-refractivity contribution >= 4 is 21.6 Å². The van der Waals surface area contributed by atoms with E-state index in [1.165, 1.54) is 42.5 Å². The molecule has 144 valence electrons. The Balaban J connectivity index is 1.68. The Bertz CT molecular complexity index is 895. The first-order valence-corrected chi connectivity index (χ1v) is 10.3. The van der Waals surface area contributed by atoms with Crippen LogP contribution in [0, 0.1) is 11.7 Å². The van der Waals surface area contributed by atoms with Crippen molar-refractivity contribution in [2.75, 3.05) is 24.4 Å². The molecule has 0 bridgehead atoms. The summed E-state index contributed by atoms with van der Waals surface area (Å²) in [7, 11) is -3.88. The molecule has 1 unspecified atom stereocenters. The molecule has 2 aromatic rings. The summed E-state index contributed by atoms with van der Waals surface area (Å²) in [5, 5.41) is 6.16. The number of sulfonamides is 1. The zero-order valence-corrected chi connectivity index (χ0v) is 15.6. The van der Waals surface area contributed by atoms with Crippen molar-refractivity contribution < 1.29 is 17.6 Å². The number of amides is 1. The molecule has 0 saturated carbocycles. The minimum absolute atomic E-state index is 0.0289. The van der Waals surface area contributed by atoms with Gasteiger partial charge in [-0.2, -0.15) is 0 Å². The molecule has 1 fully saturated rings. The largest absolute Gasteiger partial charge is 0.352 e. The fourth-order valence-electron chi connectivity index (χ4n) is 2.97. The molecule has 0 aromatic heterocycles. The van der Waals surface area contributed by atoms with Gasteiger partial charge in [0.25, 0.3) is 15.9 Å². The van der Waals surface area contributed by atoms with Gasteiger partial charge in [-0.15, -0.1) is 0 Å². The van der Waals surface area contributed by atoms with Gasteiger partial charge in [0.2, 0.25) is 0 Å². The van der Waals surface area contributed by atoms with Gasteiger partial charge in [-0.3, -0.25) is 9.52 Å². The lowest BCUT2D eigenvalue weighted by molar-refractivity contribution is 0.0944. The van der Waals surface area contributed by atoms with Crippen molar-refractivity contribution in [2.24, 2.45) is 5.92 Å². The summed E-state index contributed by atoms with van der Waals surface area (Å²) in [6.07, 6.45) is 2.15. The van der Waals surface area contributed by atoms with Gasteiger partial charge >= 0.3 is 0 Å². The molecule has 3 N–H and O–H groups in total. The van der Waals surface area contributed by atoms with Crippen molar-refractivity contribution in [3.8, 4) is 0 Å². The van der Waals surface area contributed by atoms with Gasteiger partial charge in [0.05, 0.1) is 4.90 Å². The zero-order valence-electron chi connectivity index (χ0n) is 14.7. The average molecular weight is 391 g/mol. The number of benzene rings is 2. The van der Waals surface area contributed by atoms with Gasteiger partial charge in [-0.25, -0.2) is 12.8 Å². The molecule has 6 nitrogen and oxygen atoms in total. The molecule has 1 aliphatic heterocycles. The summed E-state index contributed by atoms with van der Waals surface area (Å²) in [6, 6.07) is 10.8. The molecule has 8 heteroatoms. The van der Waals surface area contributed by atoms with E-state index >= 15 is 0 Å². The number of carbonyl (C=O) groups is 1. The average Bonchev–Trinajstić information content (AvgIpc) is 2.68. The van der Waals surface area contributed by atoms with E-state index in [1.807, 2.05) is 0 Å². The fraction of sp³-hybridized carbons (Fsp3) is 0.316. The van der Waals surface area contributed by atoms with Crippen molar-refractivity contribution in [1.29, 1.82) is 0 Å². The Morgan fingerprint density at radius 2 is 1.96 bits per heavy atom. The van der Waals surface area contributed by atoms with Crippen LogP contribution < -0.4 is 15.4 Å². The molecule has 27 heavy (non-hydrogen) atoms. The lowest BCUT2D eigenvalue weighted by atomic mass is 10.00. The van der Waals surface area contributed by atoms with E-state index < -0.39 is 15.8 Å². The molecule has 1 aliphatic rings. The zero-order chi connectivity index (χ0) is 19.3. The highest BCUT2D eigenvalue weighted by Gasteiger charge is 2.18. The molecule has 2 aromatic carbocycles. The van der Waals surface area contributed by atoms with E-state index in [2.05, 4.69) is 15.4 Å². The second kappa shape index (κ2) is 8.49. The number of carbonyl (C=O) groups excluding carboxylic acids is 1. The van der Waals surface area contributed by atoms with Gasteiger partial charge < -0.3 is 10.6 Å². The van der Waals surface area contributed by atoms with E-state index in [1.54, 1.807) is 6.07 Å². The molecule has 0 aliphatic carbocycles. The SMILES string of the molecule is O=C(NCC1CCCNC1)c1cccc(S(=O)(=O)Nc2ccc(F)cc2)c1. The third-order valence-electron chi connectivity index (χ3n) is 4.45. The van der Waals surface area contributed by atoms with Crippen molar-refractivity contribution in [2.45, 2.75) is 17.7 Å². The summed E-state index contributed by atoms with van der Waals surface area (Å²) in [6.45, 7) is 2.43. The van der Waals surface area contributed by atoms with Crippen LogP contribution >= 0.6 is 0 Å². The van der Waals surface area contributed by atoms with Gasteiger partial charge in [-0.1, -0.05) is 6.07 Å². The molecular formula is C19H22FN3O3S. The summed E-state index contributed by atoms with van der Waals surface area (Å²) in [4.78, 5) is 12.3. The normalized spacial score (nSPS) is 17.3. The topological polar surface area (TPSA) is 87.3 Å². The van der Waals surface area contributed by atoms with Gasteiger partial charge in [0, 0.05) is 17.8 Å². The minimum Gasteiger partial charge on any atom is -0.352 e. The van der Waals surface area contributed by atoms with Crippen LogP contribution in [0.15, 0.2) is 53.4 Å². The monoisotopic (exact) mass is 391 g/mol. The van der Waals surface area contributed by atoms with E-state index in [4.69, 9.17) is 0 Å². The number of piperidine rings is 1. The van der Waals surface area contributed by atoms with Crippen LogP contribution in [0.25, 0.3) is 0 Å². The van der Waals surface area contributed by atoms with Crippen LogP contribution in [0.1, 0.15) is 23.2 Å². The lowest BCUT2D eigenvalue weighted by Crippen LogP contribution is -2.38. The first-order valence-electron chi connectivity index (χ1n) is 8.81. The molecule has 1 saturated heterocycles. The Kier molecular flexibility index (Phi) is 6.08. The second-order valence-electron chi connectivity index (χ2n) is 6.56. The molecule has 0 spiro atoms. The number of hydrogen-bond acceptors (Lipinski definition) is 4. The van der Waals surface area contributed by atoms with Crippen LogP contribution in [-0.4, -0.2) is 34.0 Å². The number of anilines is 1. The second-order valence-corrected chi connectivity index (χ2v) is 8.25. The van der Waals surface area contributed by atoms with Gasteiger partial charge in [0.1, 0.15) is 5.82 Å². The Morgan fingerprint density at radius 1 is 1.19 bits per heavy atom. The smallest absolute Gasteiger partial charge is 0.261 e. The number of nitrogens with one attached hydrogen (secondary N) is 3. The highest BCUT2D eigenvalue weighted by Crippen LogP contribution is 2.18. The van der Waals surface area contributed by atoms with E-state index in [-0.39, 0.29) is 22.1 Å². The molecule has 3 rings (SSSR count). The molecule has 0 radical (unpaired) electrons. The maximum absolute atomic E-state index is 13.0. The van der Waals surface area contributed by atoms with Crippen LogP contribution in [0.2, 0.25) is 0 Å². The van der Waals surface area contributed by atoms with Crippen LogP contribution in [-0.2, 0) is 10.0 Å². The van der Waals surface area contributed by atoms with Crippen LogP contribution in [0.4, 0.5) is 10.1 Å². The summed E-state index contributed by atoms with van der Waals surface area (Å²) >= 11 is 0. The fourth-order valence-corrected chi connectivity index (χ4v) is 4.08. The first kappa shape index (κ1) is 19.3. The Hall–Kier alpha value is -2.45. The lowest BCUT2D eigenvalue weighted by Gasteiger charge is -2.22. The number of rotatable bonds is 6. The predicted molar refractivity (Wildman–Crippen MR) is 102 cm³/mol. The third kappa shape index (κ3) is 5.27. The molecule has 1 amide bonds. The van der Waals surface area contributed by atoms with Crippen molar-refractivity contribution in [3.63, 3.8) is 0 Å². The highest BCUT2D eigenvalue weighted by atomic mass is 32.2. The van der Waals surface area contributed by atoms with Gasteiger partial charge in [-0.05, 0) is 74.3 Å². The minimum atomic E-state index is -3.88. The maximum atomic E-state index is 13.0. The van der Waals surface area contributed by atoms with Crippen LogP contribution in [0.5, 0.6) is 0 Å². The summed E-state index contributed by atoms with van der Waals surface area (Å²) < 4.78 is 40.4. The Morgan fingerprint density at radius 3 is 2.67 bits per heavy atom. The van der Waals surface area contributed by atoms with Crippen molar-refractivity contribution in [1.82, 2.24) is 10.6 Å². The van der Waals surface area contributed by atoms with E-state index in [0.717, 1.165) is 25.9 Å². The molecule has 1 atom stereocenters. The van der Waals surface area contributed by atoms with Crippen molar-refractivity contribution in [3.05, 3.63) is 59.9 Å². The standard InChI is InChI=1S/C19H22FN3O3S/c20-16-6-8-17(9-7-16)23-27(25,26)18-5-1-4-15(11-18)19(24)22-13-14-3-2-10-21-12-14/h1,4-9,11,14,21,23H,2-3,10,12-13H2,(H,22,24). The third-order valence-corrected chi connectivity index (χ3v) is 5.83. The van der Waals surface area contributed by atoms with E-state index in [9.17, 15) is 17.6 Å². The summed E-state index contributed by atoms with van der Waals surface area (Å²) in [5.74, 6) is -0.376. The number of halogens is 1. The van der Waals surface area contributed by atoms with Gasteiger partial charge in [0.15, 0.2) is 0 Å². The summed E-state index contributed by atoms with van der Waals surface area (Å²) in [5.41, 5.74) is 0.525. The molecular weight excluding hydrogens is 369 g/mol. The Labute approximate surface area is 158 Å². The van der Waals surface area contributed by atoms with E-state index in [0.29, 0.717) is 12.5 Å².